The maximum atomic E-state index is 7.23. The number of nitrogens with zero attached hydrogens (tertiary/aromatic N) is 1. The molecule has 304 valence electrons. The van der Waals surface area contributed by atoms with Gasteiger partial charge in [-0.15, -0.1) is 0 Å². The molecule has 0 fully saturated rings. The fraction of sp³-hybridized carbons (Fsp3) is 0. The van der Waals surface area contributed by atoms with Crippen molar-refractivity contribution in [2.24, 2.45) is 0 Å². The molecular weight excluding hydrogens is 806 g/mol. The van der Waals surface area contributed by atoms with E-state index in [1.165, 1.54) is 48.1 Å². The van der Waals surface area contributed by atoms with Crippen molar-refractivity contribution in [3.8, 4) is 56.3 Å². The lowest BCUT2D eigenvalue weighted by Crippen LogP contribution is -2.75. The second kappa shape index (κ2) is 15.0. The molecule has 0 atom stereocenters. The molecule has 13 rings (SSSR count). The monoisotopic (exact) mass is 845 g/mol. The summed E-state index contributed by atoms with van der Waals surface area (Å²) in [5, 5.41) is 7.88. The lowest BCUT2D eigenvalue weighted by Gasteiger charge is -2.36. The summed E-state index contributed by atoms with van der Waals surface area (Å²) in [5.74, 6) is 2.52. The summed E-state index contributed by atoms with van der Waals surface area (Å²) in [5.41, 5.74) is 12.4. The van der Waals surface area contributed by atoms with Crippen molar-refractivity contribution < 1.29 is 9.39 Å². The molecule has 0 saturated heterocycles. The summed E-state index contributed by atoms with van der Waals surface area (Å²) >= 11 is 0. The zero-order valence-electron chi connectivity index (χ0n) is 35.4. The lowest BCUT2D eigenvalue weighted by molar-refractivity contribution is 0.479. The van der Waals surface area contributed by atoms with Crippen LogP contribution in [0.4, 0.5) is 0 Å². The fourth-order valence-corrected chi connectivity index (χ4v) is 15.8. The third-order valence-electron chi connectivity index (χ3n) is 13.6. The summed E-state index contributed by atoms with van der Waals surface area (Å²) in [6, 6.07) is 88.3. The van der Waals surface area contributed by atoms with Gasteiger partial charge in [0.1, 0.15) is 17.2 Å². The number of para-hydroxylation sites is 2. The second-order valence-electron chi connectivity index (χ2n) is 17.1. The highest BCUT2D eigenvalue weighted by molar-refractivity contribution is 7.20. The Hall–Kier alpha value is -8.12. The molecule has 11 aromatic rings. The molecular formula is C60H40BNO2Si. The minimum Gasteiger partial charge on any atom is -0.551 e. The summed E-state index contributed by atoms with van der Waals surface area (Å²) < 4.78 is 16.4. The minimum atomic E-state index is -2.82. The molecule has 2 aliphatic rings. The molecule has 0 N–H and O–H groups in total. The molecule has 3 heterocycles. The van der Waals surface area contributed by atoms with E-state index in [4.69, 9.17) is 9.39 Å². The molecule has 1 aromatic heterocycles. The average molecular weight is 846 g/mol. The van der Waals surface area contributed by atoms with E-state index in [1.807, 2.05) is 0 Å². The van der Waals surface area contributed by atoms with Gasteiger partial charge in [0.2, 0.25) is 0 Å². The largest absolute Gasteiger partial charge is 0.551 e. The van der Waals surface area contributed by atoms with Crippen LogP contribution in [0.25, 0.3) is 60.9 Å². The van der Waals surface area contributed by atoms with E-state index >= 15 is 0 Å². The number of hydrogen-bond donors (Lipinski definition) is 0. The molecule has 0 bridgehead atoms. The number of ether oxygens (including phenoxy) is 1. The van der Waals surface area contributed by atoms with Crippen molar-refractivity contribution in [3.05, 3.63) is 243 Å². The molecule has 3 nitrogen and oxygen atoms in total. The van der Waals surface area contributed by atoms with Gasteiger partial charge < -0.3 is 14.0 Å². The highest BCUT2D eigenvalue weighted by atomic mass is 28.3. The standard InChI is InChI=1S/C60H40BNO2Si/c1-4-20-45(21-5-1)65(46-22-6-2-7-23-46,47-24-8-3-9-25-47)59-33-15-12-26-48(59)43-34-36-51-52-29-17-32-56-60(52)61(64-57(51)40-43)53-37-35-42(39-58(53)63-56)41-18-16-19-44(38-41)62-54-30-13-10-27-49(54)50-28-11-14-31-55(50)62/h1-40H. The highest BCUT2D eigenvalue weighted by Crippen LogP contribution is 2.42. The third-order valence-corrected chi connectivity index (χ3v) is 18.5. The van der Waals surface area contributed by atoms with E-state index in [1.54, 1.807) is 0 Å². The molecule has 0 saturated carbocycles. The van der Waals surface area contributed by atoms with Crippen molar-refractivity contribution in [2.75, 3.05) is 0 Å². The second-order valence-corrected chi connectivity index (χ2v) is 20.9. The van der Waals surface area contributed by atoms with Gasteiger partial charge in [-0.25, -0.2) is 0 Å². The van der Waals surface area contributed by atoms with Gasteiger partial charge in [0, 0.05) is 32.9 Å². The predicted octanol–water partition coefficient (Wildman–Crippen LogP) is 10.8. The zero-order chi connectivity index (χ0) is 42.9. The van der Waals surface area contributed by atoms with Crippen LogP contribution in [0, 0.1) is 0 Å². The molecule has 0 spiro atoms. The van der Waals surface area contributed by atoms with Gasteiger partial charge in [0.05, 0.1) is 11.0 Å². The van der Waals surface area contributed by atoms with E-state index in [-0.39, 0.29) is 6.92 Å². The average Bonchev–Trinajstić information content (AvgIpc) is 3.72. The first-order valence-electron chi connectivity index (χ1n) is 22.4. The Kier molecular flexibility index (Phi) is 8.65. The Morgan fingerprint density at radius 1 is 0.369 bits per heavy atom. The van der Waals surface area contributed by atoms with Crippen LogP contribution in [0.1, 0.15) is 0 Å². The molecule has 0 amide bonds. The first-order valence-corrected chi connectivity index (χ1v) is 24.4. The van der Waals surface area contributed by atoms with Crippen LogP contribution in [0.15, 0.2) is 243 Å². The molecule has 0 aliphatic carbocycles. The number of hydrogen-bond acceptors (Lipinski definition) is 2. The maximum Gasteiger partial charge on any atom is 0.434 e. The Bertz CT molecular complexity index is 3470. The number of rotatable bonds is 7. The molecule has 5 heteroatoms. The Balaban J connectivity index is 0.915. The lowest BCUT2D eigenvalue weighted by atomic mass is 9.51. The van der Waals surface area contributed by atoms with Gasteiger partial charge in [-0.1, -0.05) is 200 Å². The van der Waals surface area contributed by atoms with E-state index in [0.29, 0.717) is 0 Å². The topological polar surface area (TPSA) is 23.4 Å². The van der Waals surface area contributed by atoms with Crippen LogP contribution in [0.3, 0.4) is 0 Å². The van der Waals surface area contributed by atoms with Crippen LogP contribution in [-0.2, 0) is 0 Å². The quantitative estimate of drug-likeness (QED) is 0.118. The van der Waals surface area contributed by atoms with Crippen molar-refractivity contribution in [1.29, 1.82) is 0 Å². The van der Waals surface area contributed by atoms with E-state index < -0.39 is 8.07 Å². The van der Waals surface area contributed by atoms with Gasteiger partial charge in [-0.2, -0.15) is 0 Å². The maximum absolute atomic E-state index is 7.23. The Morgan fingerprint density at radius 3 is 1.62 bits per heavy atom. The van der Waals surface area contributed by atoms with Crippen LogP contribution in [-0.4, -0.2) is 19.6 Å². The Morgan fingerprint density at radius 2 is 0.923 bits per heavy atom. The van der Waals surface area contributed by atoms with Crippen LogP contribution >= 0.6 is 0 Å². The van der Waals surface area contributed by atoms with Gasteiger partial charge >= 0.3 is 6.92 Å². The van der Waals surface area contributed by atoms with Crippen LogP contribution in [0.2, 0.25) is 0 Å². The number of fused-ring (bicyclic) bond motifs is 7. The predicted molar refractivity (Wildman–Crippen MR) is 273 cm³/mol. The van der Waals surface area contributed by atoms with Crippen molar-refractivity contribution in [2.45, 2.75) is 0 Å². The molecule has 10 aromatic carbocycles. The molecule has 65 heavy (non-hydrogen) atoms. The highest BCUT2D eigenvalue weighted by Gasteiger charge is 2.44. The summed E-state index contributed by atoms with van der Waals surface area (Å²) in [6.45, 7) is -0.327. The van der Waals surface area contributed by atoms with Gasteiger partial charge in [0.15, 0.2) is 8.07 Å². The Labute approximate surface area is 379 Å². The van der Waals surface area contributed by atoms with Crippen molar-refractivity contribution >= 4 is 68.5 Å². The smallest absolute Gasteiger partial charge is 0.434 e. The summed E-state index contributed by atoms with van der Waals surface area (Å²) in [7, 11) is -2.82. The van der Waals surface area contributed by atoms with Gasteiger partial charge in [-0.3, -0.25) is 0 Å². The number of aromatic nitrogens is 1. The SMILES string of the molecule is c1ccc([Si](c2ccccc2)(c2ccccc2)c2ccccc2-c2ccc3c(c2)OB2c4ccc(-c5cccc(-n6c7ccccc7c7ccccc76)c5)cc4Oc4cccc-3c42)cc1. The van der Waals surface area contributed by atoms with E-state index in [2.05, 4.69) is 247 Å². The van der Waals surface area contributed by atoms with Crippen molar-refractivity contribution in [3.63, 3.8) is 0 Å². The molecule has 0 unspecified atom stereocenters. The number of benzene rings is 10. The summed E-state index contributed by atoms with van der Waals surface area (Å²) in [4.78, 5) is 0. The normalized spacial score (nSPS) is 12.5. The van der Waals surface area contributed by atoms with Crippen molar-refractivity contribution in [1.82, 2.24) is 4.57 Å². The van der Waals surface area contributed by atoms with Gasteiger partial charge in [-0.05, 0) is 91.0 Å². The summed E-state index contributed by atoms with van der Waals surface area (Å²) in [6.07, 6.45) is 0. The third kappa shape index (κ3) is 5.83. The minimum absolute atomic E-state index is 0.327. The fourth-order valence-electron chi connectivity index (χ4n) is 10.8. The molecule has 0 radical (unpaired) electrons. The van der Waals surface area contributed by atoms with E-state index in [0.717, 1.165) is 61.7 Å². The van der Waals surface area contributed by atoms with Crippen LogP contribution < -0.4 is 41.1 Å². The zero-order valence-corrected chi connectivity index (χ0v) is 36.4. The molecule has 2 aliphatic heterocycles. The van der Waals surface area contributed by atoms with E-state index in [9.17, 15) is 0 Å². The first kappa shape index (κ1) is 37.4. The van der Waals surface area contributed by atoms with Gasteiger partial charge in [0.25, 0.3) is 0 Å². The first-order chi connectivity index (χ1) is 32.2. The van der Waals surface area contributed by atoms with Crippen LogP contribution in [0.5, 0.6) is 17.2 Å².